The van der Waals surface area contributed by atoms with Gasteiger partial charge in [-0.15, -0.1) is 0 Å². The number of aryl methyl sites for hydroxylation is 1. The van der Waals surface area contributed by atoms with Crippen LogP contribution in [0.1, 0.15) is 22.7 Å². The first kappa shape index (κ1) is 14.9. The molecule has 21 heavy (non-hydrogen) atoms. The minimum absolute atomic E-state index is 0.0751. The van der Waals surface area contributed by atoms with Gasteiger partial charge in [-0.3, -0.25) is 9.69 Å². The Labute approximate surface area is 129 Å². The zero-order valence-corrected chi connectivity index (χ0v) is 13.2. The zero-order valence-electron chi connectivity index (χ0n) is 12.4. The molecule has 1 amide bonds. The highest BCUT2D eigenvalue weighted by molar-refractivity contribution is 7.99. The number of ether oxygens (including phenoxy) is 1. The lowest BCUT2D eigenvalue weighted by Gasteiger charge is -2.42. The molecular weight excluding hydrogens is 288 g/mol. The molecule has 0 aromatic carbocycles. The van der Waals surface area contributed by atoms with Gasteiger partial charge in [0.05, 0.1) is 13.2 Å². The van der Waals surface area contributed by atoms with E-state index >= 15 is 0 Å². The van der Waals surface area contributed by atoms with E-state index in [2.05, 4.69) is 10.2 Å². The fourth-order valence-corrected chi connectivity index (χ4v) is 4.50. The minimum Gasteiger partial charge on any atom is -0.456 e. The van der Waals surface area contributed by atoms with Gasteiger partial charge in [0, 0.05) is 30.9 Å². The number of nitrogens with zero attached hydrogens (tertiary/aromatic N) is 1. The van der Waals surface area contributed by atoms with Gasteiger partial charge in [-0.05, 0) is 31.2 Å². The van der Waals surface area contributed by atoms with Crippen LogP contribution in [0.5, 0.6) is 0 Å². The summed E-state index contributed by atoms with van der Waals surface area (Å²) in [6.45, 7) is 6.01. The fraction of sp³-hybridized carbons (Fsp3) is 0.667. The first-order chi connectivity index (χ1) is 10.2. The molecule has 0 saturated carbocycles. The average Bonchev–Trinajstić information content (AvgIpc) is 3.16. The quantitative estimate of drug-likeness (QED) is 0.914. The molecule has 1 atom stereocenters. The van der Waals surface area contributed by atoms with Gasteiger partial charge in [0.15, 0.2) is 5.76 Å². The second-order valence-electron chi connectivity index (χ2n) is 5.72. The Morgan fingerprint density at radius 1 is 1.43 bits per heavy atom. The summed E-state index contributed by atoms with van der Waals surface area (Å²) >= 11 is 1.97. The molecule has 2 aliphatic heterocycles. The molecule has 116 valence electrons. The summed E-state index contributed by atoms with van der Waals surface area (Å²) in [4.78, 5) is 14.7. The zero-order chi connectivity index (χ0) is 14.7. The van der Waals surface area contributed by atoms with E-state index in [1.165, 1.54) is 0 Å². The summed E-state index contributed by atoms with van der Waals surface area (Å²) in [6.07, 6.45) is 1.12. The normalized spacial score (nSPS) is 26.9. The molecule has 0 bridgehead atoms. The molecule has 1 N–H and O–H groups in total. The van der Waals surface area contributed by atoms with Crippen LogP contribution in [0, 0.1) is 6.92 Å². The number of morpholine rings is 1. The second kappa shape index (κ2) is 6.42. The Balaban J connectivity index is 1.64. The van der Waals surface area contributed by atoms with Crippen molar-refractivity contribution in [3.8, 4) is 0 Å². The number of carbonyl (C=O) groups is 1. The van der Waals surface area contributed by atoms with Gasteiger partial charge in [0.25, 0.3) is 5.91 Å². The molecule has 0 spiro atoms. The van der Waals surface area contributed by atoms with Gasteiger partial charge in [-0.2, -0.15) is 11.8 Å². The van der Waals surface area contributed by atoms with Crippen LogP contribution >= 0.6 is 11.8 Å². The van der Waals surface area contributed by atoms with Crippen LogP contribution < -0.4 is 5.32 Å². The number of furan rings is 1. The highest BCUT2D eigenvalue weighted by atomic mass is 32.2. The molecule has 3 rings (SSSR count). The number of hydrogen-bond donors (Lipinski definition) is 1. The minimum atomic E-state index is -0.118. The Morgan fingerprint density at radius 3 is 2.86 bits per heavy atom. The molecule has 0 unspecified atom stereocenters. The summed E-state index contributed by atoms with van der Waals surface area (Å²) in [5.74, 6) is 3.28. The van der Waals surface area contributed by atoms with Crippen LogP contribution in [0.2, 0.25) is 0 Å². The van der Waals surface area contributed by atoms with Crippen molar-refractivity contribution in [1.29, 1.82) is 0 Å². The van der Waals surface area contributed by atoms with E-state index in [9.17, 15) is 4.79 Å². The third-order valence-electron chi connectivity index (χ3n) is 4.31. The lowest BCUT2D eigenvalue weighted by molar-refractivity contribution is -0.0129. The van der Waals surface area contributed by atoms with Gasteiger partial charge in [-0.1, -0.05) is 0 Å². The van der Waals surface area contributed by atoms with E-state index in [1.807, 2.05) is 24.8 Å². The predicted octanol–water partition coefficient (Wildman–Crippen LogP) is 1.53. The lowest BCUT2D eigenvalue weighted by Crippen LogP contribution is -2.59. The molecule has 1 aromatic heterocycles. The Kier molecular flexibility index (Phi) is 4.57. The number of thioether (sulfide) groups is 1. The summed E-state index contributed by atoms with van der Waals surface area (Å²) in [5, 5.41) is 3.06. The van der Waals surface area contributed by atoms with E-state index in [0.717, 1.165) is 50.0 Å². The average molecular weight is 310 g/mol. The molecule has 2 aliphatic rings. The smallest absolute Gasteiger partial charge is 0.287 e. The van der Waals surface area contributed by atoms with E-state index in [1.54, 1.807) is 6.07 Å². The van der Waals surface area contributed by atoms with Gasteiger partial charge in [0.2, 0.25) is 0 Å². The van der Waals surface area contributed by atoms with Crippen molar-refractivity contribution in [2.75, 3.05) is 44.4 Å². The van der Waals surface area contributed by atoms with Crippen LogP contribution in [0.3, 0.4) is 0 Å². The van der Waals surface area contributed by atoms with Gasteiger partial charge < -0.3 is 14.5 Å². The largest absolute Gasteiger partial charge is 0.456 e. The van der Waals surface area contributed by atoms with Crippen molar-refractivity contribution < 1.29 is 13.9 Å². The number of carbonyl (C=O) groups excluding carboxylic acids is 1. The van der Waals surface area contributed by atoms with E-state index in [-0.39, 0.29) is 11.4 Å². The van der Waals surface area contributed by atoms with Gasteiger partial charge in [0.1, 0.15) is 5.76 Å². The monoisotopic (exact) mass is 310 g/mol. The number of hydrogen-bond acceptors (Lipinski definition) is 5. The van der Waals surface area contributed by atoms with Crippen molar-refractivity contribution in [1.82, 2.24) is 10.2 Å². The highest BCUT2D eigenvalue weighted by Crippen LogP contribution is 2.33. The van der Waals surface area contributed by atoms with Crippen molar-refractivity contribution in [3.63, 3.8) is 0 Å². The van der Waals surface area contributed by atoms with Crippen molar-refractivity contribution >= 4 is 17.7 Å². The standard InChI is InChI=1S/C15H22N2O3S/c1-12-2-3-13(20-12)14(18)16-10-15(4-9-21-11-15)17-5-7-19-8-6-17/h2-3H,4-11H2,1H3,(H,16,18)/t15-/m0/s1. The predicted molar refractivity (Wildman–Crippen MR) is 82.8 cm³/mol. The molecule has 2 fully saturated rings. The van der Waals surface area contributed by atoms with Crippen molar-refractivity contribution in [2.45, 2.75) is 18.9 Å². The molecule has 0 aliphatic carbocycles. The summed E-state index contributed by atoms with van der Waals surface area (Å²) in [7, 11) is 0. The maximum Gasteiger partial charge on any atom is 0.287 e. The van der Waals surface area contributed by atoms with Crippen LogP contribution in [0.25, 0.3) is 0 Å². The summed E-state index contributed by atoms with van der Waals surface area (Å²) in [5.41, 5.74) is 0.0751. The van der Waals surface area contributed by atoms with E-state index in [4.69, 9.17) is 9.15 Å². The van der Waals surface area contributed by atoms with E-state index < -0.39 is 0 Å². The summed E-state index contributed by atoms with van der Waals surface area (Å²) < 4.78 is 10.8. The Hall–Kier alpha value is -0.980. The maximum atomic E-state index is 12.2. The molecule has 2 saturated heterocycles. The second-order valence-corrected chi connectivity index (χ2v) is 6.82. The molecule has 6 heteroatoms. The van der Waals surface area contributed by atoms with E-state index in [0.29, 0.717) is 12.3 Å². The lowest BCUT2D eigenvalue weighted by atomic mass is 9.95. The van der Waals surface area contributed by atoms with Gasteiger partial charge in [-0.25, -0.2) is 0 Å². The first-order valence-electron chi connectivity index (χ1n) is 7.45. The topological polar surface area (TPSA) is 54.7 Å². The first-order valence-corrected chi connectivity index (χ1v) is 8.60. The number of nitrogens with one attached hydrogen (secondary N) is 1. The molecular formula is C15H22N2O3S. The SMILES string of the molecule is Cc1ccc(C(=O)NC[C@@]2(N3CCOCC3)CCSC2)o1. The maximum absolute atomic E-state index is 12.2. The van der Waals surface area contributed by atoms with Crippen molar-refractivity contribution in [2.24, 2.45) is 0 Å². The third kappa shape index (κ3) is 3.27. The molecule has 5 nitrogen and oxygen atoms in total. The Bertz CT molecular complexity index is 491. The number of amides is 1. The number of rotatable bonds is 4. The van der Waals surface area contributed by atoms with Gasteiger partial charge >= 0.3 is 0 Å². The van der Waals surface area contributed by atoms with Crippen molar-refractivity contribution in [3.05, 3.63) is 23.7 Å². The molecule has 1 aromatic rings. The highest BCUT2D eigenvalue weighted by Gasteiger charge is 2.41. The van der Waals surface area contributed by atoms with Crippen LogP contribution in [-0.4, -0.2) is 60.7 Å². The molecule has 3 heterocycles. The van der Waals surface area contributed by atoms with Crippen LogP contribution in [-0.2, 0) is 4.74 Å². The van der Waals surface area contributed by atoms with Crippen LogP contribution in [0.4, 0.5) is 0 Å². The Morgan fingerprint density at radius 2 is 2.24 bits per heavy atom. The molecule has 0 radical (unpaired) electrons. The van der Waals surface area contributed by atoms with Crippen LogP contribution in [0.15, 0.2) is 16.5 Å². The summed E-state index contributed by atoms with van der Waals surface area (Å²) in [6, 6.07) is 3.55. The third-order valence-corrected chi connectivity index (χ3v) is 5.54. The fourth-order valence-electron chi connectivity index (χ4n) is 3.02.